The normalized spacial score (nSPS) is 10.5. The van der Waals surface area contributed by atoms with Gasteiger partial charge in [0.05, 0.1) is 29.2 Å². The van der Waals surface area contributed by atoms with Gasteiger partial charge in [0.1, 0.15) is 0 Å². The van der Waals surface area contributed by atoms with Gasteiger partial charge in [0.25, 0.3) is 11.8 Å². The van der Waals surface area contributed by atoms with Gasteiger partial charge < -0.3 is 16.4 Å². The smallest absolute Gasteiger partial charge is 0.255 e. The number of aromatic nitrogens is 2. The van der Waals surface area contributed by atoms with E-state index in [1.165, 1.54) is 0 Å². The summed E-state index contributed by atoms with van der Waals surface area (Å²) in [6, 6.07) is 14.4. The molecule has 2 aromatic carbocycles. The average Bonchev–Trinajstić information content (AvgIpc) is 3.05. The van der Waals surface area contributed by atoms with Gasteiger partial charge in [-0.2, -0.15) is 5.10 Å². The van der Waals surface area contributed by atoms with Crippen LogP contribution in [0, 0.1) is 13.8 Å². The fraction of sp³-hybridized carbons (Fsp3) is 0.182. The highest BCUT2D eigenvalue weighted by molar-refractivity contribution is 9.10. The van der Waals surface area contributed by atoms with Crippen molar-refractivity contribution >= 4 is 33.7 Å². The molecule has 0 aliphatic heterocycles. The van der Waals surface area contributed by atoms with Crippen LogP contribution in [0.3, 0.4) is 0 Å². The first-order valence-corrected chi connectivity index (χ1v) is 10.3. The zero-order valence-electron chi connectivity index (χ0n) is 17.1. The van der Waals surface area contributed by atoms with Crippen molar-refractivity contribution in [1.29, 1.82) is 0 Å². The van der Waals surface area contributed by atoms with Crippen LogP contribution in [0.15, 0.2) is 53.0 Å². The van der Waals surface area contributed by atoms with Crippen molar-refractivity contribution in [2.75, 3.05) is 6.54 Å². The quantitative estimate of drug-likeness (QED) is 0.477. The van der Waals surface area contributed by atoms with Crippen LogP contribution in [0.1, 0.15) is 37.7 Å². The van der Waals surface area contributed by atoms with Crippen LogP contribution in [0.4, 0.5) is 0 Å². The third-order valence-corrected chi connectivity index (χ3v) is 5.21. The van der Waals surface area contributed by atoms with E-state index in [0.717, 1.165) is 21.4 Å². The Kier molecular flexibility index (Phi) is 6.86. The van der Waals surface area contributed by atoms with Gasteiger partial charge in [-0.3, -0.25) is 14.4 Å². The van der Waals surface area contributed by atoms with Crippen LogP contribution in [0.5, 0.6) is 0 Å². The van der Waals surface area contributed by atoms with Crippen LogP contribution in [0.25, 0.3) is 5.69 Å². The second kappa shape index (κ2) is 9.57. The molecule has 0 fully saturated rings. The highest BCUT2D eigenvalue weighted by Gasteiger charge is 2.19. The molecule has 0 aliphatic carbocycles. The predicted molar refractivity (Wildman–Crippen MR) is 120 cm³/mol. The van der Waals surface area contributed by atoms with Gasteiger partial charge in [-0.05, 0) is 55.8 Å². The average molecular weight is 484 g/mol. The number of halogens is 1. The lowest BCUT2D eigenvalue weighted by Gasteiger charge is -2.08. The van der Waals surface area contributed by atoms with Crippen molar-refractivity contribution in [2.24, 2.45) is 5.73 Å². The minimum atomic E-state index is -0.610. The molecule has 1 heterocycles. The number of nitrogens with two attached hydrogens (primary N) is 1. The molecule has 3 rings (SSSR count). The number of carbonyl (C=O) groups excluding carboxylic acids is 3. The van der Waals surface area contributed by atoms with E-state index in [2.05, 4.69) is 31.7 Å². The second-order valence-corrected chi connectivity index (χ2v) is 7.88. The molecule has 160 valence electrons. The summed E-state index contributed by atoms with van der Waals surface area (Å²) in [5, 5.41) is 9.83. The molecule has 0 radical (unpaired) electrons. The van der Waals surface area contributed by atoms with Crippen LogP contribution < -0.4 is 16.4 Å². The fourth-order valence-electron chi connectivity index (χ4n) is 3.12. The molecule has 0 bridgehead atoms. The van der Waals surface area contributed by atoms with E-state index in [4.69, 9.17) is 5.73 Å². The third kappa shape index (κ3) is 5.37. The minimum Gasteiger partial charge on any atom is -0.368 e. The maximum Gasteiger partial charge on any atom is 0.255 e. The standard InChI is InChI=1S/C22H22BrN5O3/c1-13-20(14(2)28(27-13)18-9-7-17(23)8-10-18)22(31)25-11-15-3-5-16(6-4-15)21(30)26-12-19(24)29/h3-10H,11-12H2,1-2H3,(H2,24,29)(H,25,31)(H,26,30). The van der Waals surface area contributed by atoms with E-state index < -0.39 is 5.91 Å². The molecule has 1 aromatic heterocycles. The molecule has 0 spiro atoms. The zero-order valence-corrected chi connectivity index (χ0v) is 18.7. The number of nitrogens with one attached hydrogen (secondary N) is 2. The lowest BCUT2D eigenvalue weighted by atomic mass is 10.1. The van der Waals surface area contributed by atoms with Crippen LogP contribution >= 0.6 is 15.9 Å². The highest BCUT2D eigenvalue weighted by atomic mass is 79.9. The summed E-state index contributed by atoms with van der Waals surface area (Å²) in [6.07, 6.45) is 0. The van der Waals surface area contributed by atoms with Crippen LogP contribution in [-0.4, -0.2) is 34.0 Å². The maximum atomic E-state index is 12.8. The van der Waals surface area contributed by atoms with Crippen molar-refractivity contribution in [3.05, 3.63) is 81.1 Å². The van der Waals surface area contributed by atoms with Gasteiger partial charge >= 0.3 is 0 Å². The number of aryl methyl sites for hydroxylation is 1. The molecule has 3 aromatic rings. The topological polar surface area (TPSA) is 119 Å². The van der Waals surface area contributed by atoms with Crippen LogP contribution in [0.2, 0.25) is 0 Å². The number of nitrogens with zero attached hydrogens (tertiary/aromatic N) is 2. The molecule has 0 atom stereocenters. The van der Waals surface area contributed by atoms with Gasteiger partial charge in [0, 0.05) is 16.6 Å². The van der Waals surface area contributed by atoms with Crippen molar-refractivity contribution < 1.29 is 14.4 Å². The van der Waals surface area contributed by atoms with Crippen LogP contribution in [-0.2, 0) is 11.3 Å². The van der Waals surface area contributed by atoms with Gasteiger partial charge in [-0.1, -0.05) is 28.1 Å². The van der Waals surface area contributed by atoms with Crippen molar-refractivity contribution in [2.45, 2.75) is 20.4 Å². The molecule has 4 N–H and O–H groups in total. The van der Waals surface area contributed by atoms with E-state index in [-0.39, 0.29) is 18.4 Å². The molecular formula is C22H22BrN5O3. The molecular weight excluding hydrogens is 462 g/mol. The molecule has 3 amide bonds. The Morgan fingerprint density at radius 2 is 1.61 bits per heavy atom. The predicted octanol–water partition coefficient (Wildman–Crippen LogP) is 2.40. The molecule has 0 unspecified atom stereocenters. The number of rotatable bonds is 7. The summed E-state index contributed by atoms with van der Waals surface area (Å²) in [5.74, 6) is -1.22. The van der Waals surface area contributed by atoms with E-state index in [1.54, 1.807) is 35.9 Å². The SMILES string of the molecule is Cc1nn(-c2ccc(Br)cc2)c(C)c1C(=O)NCc1ccc(C(=O)NCC(N)=O)cc1. The first-order chi connectivity index (χ1) is 14.8. The Morgan fingerprint density at radius 3 is 2.23 bits per heavy atom. The second-order valence-electron chi connectivity index (χ2n) is 6.96. The summed E-state index contributed by atoms with van der Waals surface area (Å²) in [6.45, 7) is 3.74. The van der Waals surface area contributed by atoms with Crippen molar-refractivity contribution in [3.8, 4) is 5.69 Å². The number of hydrogen-bond donors (Lipinski definition) is 3. The summed E-state index contributed by atoms with van der Waals surface area (Å²) in [4.78, 5) is 35.5. The lowest BCUT2D eigenvalue weighted by Crippen LogP contribution is -2.33. The van der Waals surface area contributed by atoms with E-state index in [9.17, 15) is 14.4 Å². The minimum absolute atomic E-state index is 0.219. The van der Waals surface area contributed by atoms with Crippen molar-refractivity contribution in [3.63, 3.8) is 0 Å². The largest absolute Gasteiger partial charge is 0.368 e. The van der Waals surface area contributed by atoms with E-state index in [1.807, 2.05) is 31.2 Å². The molecule has 0 saturated carbocycles. The van der Waals surface area contributed by atoms with Gasteiger partial charge in [0.15, 0.2) is 0 Å². The molecule has 0 aliphatic rings. The van der Waals surface area contributed by atoms with Gasteiger partial charge in [-0.15, -0.1) is 0 Å². The fourth-order valence-corrected chi connectivity index (χ4v) is 3.38. The monoisotopic (exact) mass is 483 g/mol. The van der Waals surface area contributed by atoms with Gasteiger partial charge in [0.2, 0.25) is 5.91 Å². The summed E-state index contributed by atoms with van der Waals surface area (Å²) in [7, 11) is 0. The van der Waals surface area contributed by atoms with Crippen molar-refractivity contribution in [1.82, 2.24) is 20.4 Å². The first kappa shape index (κ1) is 22.2. The maximum absolute atomic E-state index is 12.8. The Bertz CT molecular complexity index is 1120. The number of amides is 3. The Hall–Kier alpha value is -3.46. The Morgan fingerprint density at radius 1 is 0.968 bits per heavy atom. The molecule has 0 saturated heterocycles. The zero-order chi connectivity index (χ0) is 22.5. The number of carbonyl (C=O) groups is 3. The van der Waals surface area contributed by atoms with E-state index in [0.29, 0.717) is 23.4 Å². The Balaban J connectivity index is 1.66. The Labute approximate surface area is 187 Å². The lowest BCUT2D eigenvalue weighted by molar-refractivity contribution is -0.117. The number of hydrogen-bond acceptors (Lipinski definition) is 4. The number of benzene rings is 2. The third-order valence-electron chi connectivity index (χ3n) is 4.68. The van der Waals surface area contributed by atoms with E-state index >= 15 is 0 Å². The molecule has 9 heteroatoms. The highest BCUT2D eigenvalue weighted by Crippen LogP contribution is 2.20. The summed E-state index contributed by atoms with van der Waals surface area (Å²) >= 11 is 3.41. The molecule has 8 nitrogen and oxygen atoms in total. The summed E-state index contributed by atoms with van der Waals surface area (Å²) in [5.41, 5.74) is 9.04. The summed E-state index contributed by atoms with van der Waals surface area (Å²) < 4.78 is 2.71. The van der Waals surface area contributed by atoms with Gasteiger partial charge in [-0.25, -0.2) is 4.68 Å². The molecule has 31 heavy (non-hydrogen) atoms. The first-order valence-electron chi connectivity index (χ1n) is 9.52. The number of primary amides is 1.